The highest BCUT2D eigenvalue weighted by atomic mass is 19.4. The molecule has 18 heavy (non-hydrogen) atoms. The molecule has 0 spiro atoms. The van der Waals surface area contributed by atoms with Crippen molar-refractivity contribution in [3.63, 3.8) is 0 Å². The lowest BCUT2D eigenvalue weighted by molar-refractivity contribution is -0.141. The van der Waals surface area contributed by atoms with Gasteiger partial charge in [-0.05, 0) is 12.3 Å². The zero-order chi connectivity index (χ0) is 13.2. The number of nitrogens with one attached hydrogen (secondary N) is 1. The largest absolute Gasteiger partial charge is 0.478 e. The molecule has 1 saturated carbocycles. The van der Waals surface area contributed by atoms with Crippen LogP contribution in [-0.2, 0) is 6.18 Å². The Morgan fingerprint density at radius 3 is 2.67 bits per heavy atom. The molecule has 8 heteroatoms. The predicted octanol–water partition coefficient (Wildman–Crippen LogP) is 1.96. The van der Waals surface area contributed by atoms with E-state index in [1.165, 1.54) is 0 Å². The van der Waals surface area contributed by atoms with E-state index in [2.05, 4.69) is 9.97 Å². The van der Waals surface area contributed by atoms with Crippen LogP contribution in [0.1, 0.15) is 25.0 Å². The van der Waals surface area contributed by atoms with Crippen LogP contribution in [0.15, 0.2) is 6.07 Å². The van der Waals surface area contributed by atoms with Crippen LogP contribution in [0.5, 0.6) is 5.88 Å². The first kappa shape index (κ1) is 12.9. The number of nitrogens with zero attached hydrogens (tertiary/aromatic N) is 2. The number of ether oxygens (including phenoxy) is 1. The molecule has 1 aromatic rings. The molecule has 0 aliphatic heterocycles. The Balaban J connectivity index is 2.07. The Bertz CT molecular complexity index is 420. The molecule has 0 atom stereocenters. The number of halogens is 3. The predicted molar refractivity (Wildman–Crippen MR) is 57.7 cm³/mol. The lowest BCUT2D eigenvalue weighted by Gasteiger charge is -2.10. The van der Waals surface area contributed by atoms with E-state index in [0.29, 0.717) is 12.5 Å². The van der Waals surface area contributed by atoms with E-state index < -0.39 is 11.9 Å². The van der Waals surface area contributed by atoms with Gasteiger partial charge < -0.3 is 4.74 Å². The fraction of sp³-hybridized carbons (Fsp3) is 0.600. The summed E-state index contributed by atoms with van der Waals surface area (Å²) in [5.41, 5.74) is 0.912. The van der Waals surface area contributed by atoms with Gasteiger partial charge in [-0.25, -0.2) is 10.8 Å². The SMILES string of the molecule is NNc1nc(OCCC2CC2)cc(C(F)(F)F)n1. The molecule has 2 rings (SSSR count). The molecule has 5 nitrogen and oxygen atoms in total. The highest BCUT2D eigenvalue weighted by molar-refractivity contribution is 5.30. The molecule has 0 radical (unpaired) electrons. The summed E-state index contributed by atoms with van der Waals surface area (Å²) in [5, 5.41) is 0. The van der Waals surface area contributed by atoms with Gasteiger partial charge in [0.2, 0.25) is 11.8 Å². The van der Waals surface area contributed by atoms with E-state index in [9.17, 15) is 13.2 Å². The maximum atomic E-state index is 12.5. The summed E-state index contributed by atoms with van der Waals surface area (Å²) in [5.74, 6) is 5.23. The third kappa shape index (κ3) is 3.46. The van der Waals surface area contributed by atoms with Gasteiger partial charge in [-0.3, -0.25) is 5.43 Å². The number of hydrogen-bond acceptors (Lipinski definition) is 5. The Labute approximate surface area is 102 Å². The van der Waals surface area contributed by atoms with Crippen LogP contribution in [0, 0.1) is 5.92 Å². The number of rotatable bonds is 5. The number of nitrogens with two attached hydrogens (primary N) is 1. The van der Waals surface area contributed by atoms with Gasteiger partial charge in [-0.15, -0.1) is 0 Å². The molecular formula is C10H13F3N4O. The summed E-state index contributed by atoms with van der Waals surface area (Å²) >= 11 is 0. The van der Waals surface area contributed by atoms with Crippen molar-refractivity contribution < 1.29 is 17.9 Å². The topological polar surface area (TPSA) is 73.1 Å². The lowest BCUT2D eigenvalue weighted by atomic mass is 10.3. The molecule has 1 aromatic heterocycles. The van der Waals surface area contributed by atoms with Crippen molar-refractivity contribution in [1.82, 2.24) is 9.97 Å². The fourth-order valence-electron chi connectivity index (χ4n) is 1.45. The first-order valence-electron chi connectivity index (χ1n) is 5.54. The molecule has 0 unspecified atom stereocenters. The minimum Gasteiger partial charge on any atom is -0.478 e. The average molecular weight is 262 g/mol. The van der Waals surface area contributed by atoms with E-state index in [4.69, 9.17) is 10.6 Å². The van der Waals surface area contributed by atoms with Gasteiger partial charge in [0.25, 0.3) is 0 Å². The maximum Gasteiger partial charge on any atom is 0.433 e. The minimum absolute atomic E-state index is 0.120. The summed E-state index contributed by atoms with van der Waals surface area (Å²) in [4.78, 5) is 6.94. The van der Waals surface area contributed by atoms with Crippen LogP contribution in [0.2, 0.25) is 0 Å². The second-order valence-corrected chi connectivity index (χ2v) is 4.14. The zero-order valence-electron chi connectivity index (χ0n) is 9.50. The molecule has 1 aliphatic rings. The Morgan fingerprint density at radius 2 is 2.11 bits per heavy atom. The van der Waals surface area contributed by atoms with Gasteiger partial charge >= 0.3 is 6.18 Å². The number of nitrogen functional groups attached to an aromatic ring is 1. The third-order valence-corrected chi connectivity index (χ3v) is 2.60. The molecule has 3 N–H and O–H groups in total. The van der Waals surface area contributed by atoms with Gasteiger partial charge in [-0.2, -0.15) is 18.2 Å². The summed E-state index contributed by atoms with van der Waals surface area (Å²) in [6.45, 7) is 0.350. The normalized spacial score (nSPS) is 15.6. The zero-order valence-corrected chi connectivity index (χ0v) is 9.50. The van der Waals surface area contributed by atoms with Crippen molar-refractivity contribution in [2.75, 3.05) is 12.0 Å². The Hall–Kier alpha value is -1.57. The first-order chi connectivity index (χ1) is 8.49. The van der Waals surface area contributed by atoms with Gasteiger partial charge in [0, 0.05) is 6.07 Å². The molecule has 0 saturated heterocycles. The van der Waals surface area contributed by atoms with Crippen LogP contribution < -0.4 is 16.0 Å². The van der Waals surface area contributed by atoms with Crippen molar-refractivity contribution in [2.24, 2.45) is 11.8 Å². The van der Waals surface area contributed by atoms with Crippen LogP contribution >= 0.6 is 0 Å². The number of anilines is 1. The van der Waals surface area contributed by atoms with Gasteiger partial charge in [-0.1, -0.05) is 12.8 Å². The number of hydrazine groups is 1. The molecule has 0 bridgehead atoms. The van der Waals surface area contributed by atoms with E-state index in [1.807, 2.05) is 5.43 Å². The molecule has 1 heterocycles. The third-order valence-electron chi connectivity index (χ3n) is 2.60. The van der Waals surface area contributed by atoms with E-state index >= 15 is 0 Å². The molecule has 1 fully saturated rings. The van der Waals surface area contributed by atoms with Crippen molar-refractivity contribution in [3.05, 3.63) is 11.8 Å². The van der Waals surface area contributed by atoms with Crippen molar-refractivity contribution in [1.29, 1.82) is 0 Å². The van der Waals surface area contributed by atoms with Gasteiger partial charge in [0.15, 0.2) is 5.69 Å². The monoisotopic (exact) mass is 262 g/mol. The highest BCUT2D eigenvalue weighted by Gasteiger charge is 2.34. The summed E-state index contributed by atoms with van der Waals surface area (Å²) in [7, 11) is 0. The highest BCUT2D eigenvalue weighted by Crippen LogP contribution is 2.33. The van der Waals surface area contributed by atoms with Crippen LogP contribution in [0.3, 0.4) is 0 Å². The lowest BCUT2D eigenvalue weighted by Crippen LogP contribution is -2.16. The standard InChI is InChI=1S/C10H13F3N4O/c11-10(12,13)7-5-8(16-9(15-7)17-14)18-4-3-6-1-2-6/h5-6H,1-4,14H2,(H,15,16,17). The quantitative estimate of drug-likeness (QED) is 0.627. The minimum atomic E-state index is -4.55. The number of aromatic nitrogens is 2. The Morgan fingerprint density at radius 1 is 1.39 bits per heavy atom. The number of hydrogen-bond donors (Lipinski definition) is 2. The van der Waals surface area contributed by atoms with Crippen molar-refractivity contribution >= 4 is 5.95 Å². The van der Waals surface area contributed by atoms with E-state index in [0.717, 1.165) is 25.3 Å². The first-order valence-corrected chi connectivity index (χ1v) is 5.54. The Kier molecular flexibility index (Phi) is 3.55. The maximum absolute atomic E-state index is 12.5. The summed E-state index contributed by atoms with van der Waals surface area (Å²) in [6, 6.07) is 0.772. The van der Waals surface area contributed by atoms with Crippen LogP contribution in [0.4, 0.5) is 19.1 Å². The van der Waals surface area contributed by atoms with Crippen LogP contribution in [-0.4, -0.2) is 16.6 Å². The fourth-order valence-corrected chi connectivity index (χ4v) is 1.45. The second-order valence-electron chi connectivity index (χ2n) is 4.14. The molecule has 0 aromatic carbocycles. The van der Waals surface area contributed by atoms with Crippen LogP contribution in [0.25, 0.3) is 0 Å². The molecule has 100 valence electrons. The molecule has 1 aliphatic carbocycles. The summed E-state index contributed by atoms with van der Waals surface area (Å²) in [6.07, 6.45) is -1.40. The summed E-state index contributed by atoms with van der Waals surface area (Å²) < 4.78 is 42.8. The second kappa shape index (κ2) is 4.97. The van der Waals surface area contributed by atoms with Gasteiger partial charge in [0.1, 0.15) is 0 Å². The average Bonchev–Trinajstić information content (AvgIpc) is 3.11. The smallest absolute Gasteiger partial charge is 0.433 e. The van der Waals surface area contributed by atoms with E-state index in [-0.39, 0.29) is 11.8 Å². The van der Waals surface area contributed by atoms with E-state index in [1.54, 1.807) is 0 Å². The molecular weight excluding hydrogens is 249 g/mol. The van der Waals surface area contributed by atoms with Crippen molar-refractivity contribution in [3.8, 4) is 5.88 Å². The van der Waals surface area contributed by atoms with Crippen molar-refractivity contribution in [2.45, 2.75) is 25.4 Å². The number of alkyl halides is 3. The molecule has 0 amide bonds. The van der Waals surface area contributed by atoms with Gasteiger partial charge in [0.05, 0.1) is 6.61 Å².